The molecule has 0 bridgehead atoms. The predicted octanol–water partition coefficient (Wildman–Crippen LogP) is 2.59. The molecule has 0 unspecified atom stereocenters. The number of ether oxygens (including phenoxy) is 2. The van der Waals surface area contributed by atoms with Crippen LogP contribution in [0.4, 0.5) is 4.79 Å². The van der Waals surface area contributed by atoms with Gasteiger partial charge in [-0.05, 0) is 41.5 Å². The van der Waals surface area contributed by atoms with Crippen LogP contribution in [0.1, 0.15) is 48.0 Å². The number of hydrogen-bond acceptors (Lipinski definition) is 4. The van der Waals surface area contributed by atoms with Crippen LogP contribution < -0.4 is 0 Å². The number of carbonyl (C=O) groups excluding carboxylic acids is 2. The standard InChI is InChI=1S/C13H25NO4/c1-8-17-10(15)9-13(5,6)14(7)11(16)18-12(2,3)4/h8-9H2,1-7H3. The van der Waals surface area contributed by atoms with Crippen molar-refractivity contribution < 1.29 is 19.1 Å². The Labute approximate surface area is 109 Å². The van der Waals surface area contributed by atoms with Crippen molar-refractivity contribution in [2.45, 2.75) is 59.1 Å². The van der Waals surface area contributed by atoms with Gasteiger partial charge < -0.3 is 14.4 Å². The number of rotatable bonds is 4. The molecule has 0 aromatic heterocycles. The first-order valence-corrected chi connectivity index (χ1v) is 6.12. The third kappa shape index (κ3) is 5.89. The van der Waals surface area contributed by atoms with E-state index in [0.717, 1.165) is 0 Å². The Balaban J connectivity index is 4.59. The normalized spacial score (nSPS) is 11.9. The van der Waals surface area contributed by atoms with Crippen LogP contribution in [0.25, 0.3) is 0 Å². The lowest BCUT2D eigenvalue weighted by atomic mass is 9.99. The Bertz CT molecular complexity index is 305. The van der Waals surface area contributed by atoms with Gasteiger partial charge in [0.2, 0.25) is 0 Å². The number of amides is 1. The number of esters is 1. The lowest BCUT2D eigenvalue weighted by Gasteiger charge is -2.35. The summed E-state index contributed by atoms with van der Waals surface area (Å²) in [6, 6.07) is 0. The third-order valence-electron chi connectivity index (χ3n) is 2.46. The van der Waals surface area contributed by atoms with E-state index in [0.29, 0.717) is 6.61 Å². The number of nitrogens with zero attached hydrogens (tertiary/aromatic N) is 1. The maximum absolute atomic E-state index is 11.9. The van der Waals surface area contributed by atoms with Crippen molar-refractivity contribution in [3.8, 4) is 0 Å². The second kappa shape index (κ2) is 6.07. The van der Waals surface area contributed by atoms with E-state index in [1.165, 1.54) is 4.90 Å². The molecule has 0 atom stereocenters. The summed E-state index contributed by atoms with van der Waals surface area (Å²) >= 11 is 0. The highest BCUT2D eigenvalue weighted by Crippen LogP contribution is 2.20. The minimum absolute atomic E-state index is 0.135. The molecule has 0 rings (SSSR count). The van der Waals surface area contributed by atoms with E-state index in [4.69, 9.17) is 9.47 Å². The van der Waals surface area contributed by atoms with Gasteiger partial charge in [-0.15, -0.1) is 0 Å². The molecule has 0 radical (unpaired) electrons. The molecule has 0 fully saturated rings. The number of carbonyl (C=O) groups is 2. The Morgan fingerprint density at radius 1 is 1.11 bits per heavy atom. The Hall–Kier alpha value is -1.26. The largest absolute Gasteiger partial charge is 0.466 e. The molecule has 0 saturated carbocycles. The molecule has 5 nitrogen and oxygen atoms in total. The lowest BCUT2D eigenvalue weighted by Crippen LogP contribution is -2.48. The summed E-state index contributed by atoms with van der Waals surface area (Å²) in [5.41, 5.74) is -1.19. The zero-order chi connectivity index (χ0) is 14.6. The molecule has 0 N–H and O–H groups in total. The quantitative estimate of drug-likeness (QED) is 0.728. The third-order valence-corrected chi connectivity index (χ3v) is 2.46. The Morgan fingerprint density at radius 2 is 1.61 bits per heavy atom. The van der Waals surface area contributed by atoms with Crippen LogP contribution in [0.15, 0.2) is 0 Å². The highest BCUT2D eigenvalue weighted by Gasteiger charge is 2.33. The van der Waals surface area contributed by atoms with Crippen molar-refractivity contribution in [3.63, 3.8) is 0 Å². The van der Waals surface area contributed by atoms with Gasteiger partial charge in [0.1, 0.15) is 5.60 Å². The van der Waals surface area contributed by atoms with Crippen molar-refractivity contribution in [2.75, 3.05) is 13.7 Å². The molecule has 5 heteroatoms. The SMILES string of the molecule is CCOC(=O)CC(C)(C)N(C)C(=O)OC(C)(C)C. The van der Waals surface area contributed by atoms with Gasteiger partial charge in [0, 0.05) is 7.05 Å². The van der Waals surface area contributed by atoms with Crippen molar-refractivity contribution >= 4 is 12.1 Å². The first-order valence-electron chi connectivity index (χ1n) is 6.12. The monoisotopic (exact) mass is 259 g/mol. The van der Waals surface area contributed by atoms with Crippen molar-refractivity contribution in [2.24, 2.45) is 0 Å². The van der Waals surface area contributed by atoms with Crippen molar-refractivity contribution in [1.29, 1.82) is 0 Å². The summed E-state index contributed by atoms with van der Waals surface area (Å²) in [6.07, 6.45) is -0.312. The van der Waals surface area contributed by atoms with E-state index in [-0.39, 0.29) is 12.4 Å². The van der Waals surface area contributed by atoms with Crippen molar-refractivity contribution in [1.82, 2.24) is 4.90 Å². The minimum Gasteiger partial charge on any atom is -0.466 e. The zero-order valence-electron chi connectivity index (χ0n) is 12.5. The second-order valence-corrected chi connectivity index (χ2v) is 5.83. The molecule has 0 heterocycles. The smallest absolute Gasteiger partial charge is 0.410 e. The van der Waals surface area contributed by atoms with Crippen LogP contribution in [0, 0.1) is 0 Å². The molecule has 0 aliphatic rings. The maximum Gasteiger partial charge on any atom is 0.410 e. The van der Waals surface area contributed by atoms with Crippen LogP contribution in [-0.2, 0) is 14.3 Å². The molecule has 0 spiro atoms. The van der Waals surface area contributed by atoms with Gasteiger partial charge in [-0.25, -0.2) is 4.79 Å². The van der Waals surface area contributed by atoms with E-state index in [1.807, 2.05) is 0 Å². The van der Waals surface area contributed by atoms with Gasteiger partial charge in [-0.1, -0.05) is 0 Å². The van der Waals surface area contributed by atoms with Gasteiger partial charge in [-0.2, -0.15) is 0 Å². The Kier molecular flexibility index (Phi) is 5.64. The Morgan fingerprint density at radius 3 is 2.00 bits per heavy atom. The van der Waals surface area contributed by atoms with Gasteiger partial charge in [-0.3, -0.25) is 4.79 Å². The van der Waals surface area contributed by atoms with Crippen LogP contribution >= 0.6 is 0 Å². The summed E-state index contributed by atoms with van der Waals surface area (Å²) in [7, 11) is 1.62. The van der Waals surface area contributed by atoms with Gasteiger partial charge in [0.05, 0.1) is 18.6 Å². The molecule has 18 heavy (non-hydrogen) atoms. The molecule has 0 saturated heterocycles. The minimum atomic E-state index is -0.644. The fourth-order valence-corrected chi connectivity index (χ4v) is 1.26. The van der Waals surface area contributed by atoms with Crippen LogP contribution in [0.3, 0.4) is 0 Å². The van der Waals surface area contributed by atoms with E-state index in [2.05, 4.69) is 0 Å². The lowest BCUT2D eigenvalue weighted by molar-refractivity contribution is -0.145. The number of hydrogen-bond donors (Lipinski definition) is 0. The average molecular weight is 259 g/mol. The average Bonchev–Trinajstić information content (AvgIpc) is 2.13. The van der Waals surface area contributed by atoms with E-state index >= 15 is 0 Å². The molecular weight excluding hydrogens is 234 g/mol. The van der Waals surface area contributed by atoms with Crippen LogP contribution in [0.5, 0.6) is 0 Å². The maximum atomic E-state index is 11.9. The summed E-state index contributed by atoms with van der Waals surface area (Å²) in [6.45, 7) is 11.1. The topological polar surface area (TPSA) is 55.8 Å². The molecular formula is C13H25NO4. The summed E-state index contributed by atoms with van der Waals surface area (Å²) in [5, 5.41) is 0. The first-order chi connectivity index (χ1) is 7.99. The molecule has 0 aliphatic carbocycles. The molecule has 106 valence electrons. The van der Waals surface area contributed by atoms with E-state index in [9.17, 15) is 9.59 Å². The van der Waals surface area contributed by atoms with Crippen molar-refractivity contribution in [3.05, 3.63) is 0 Å². The summed E-state index contributed by atoms with van der Waals surface area (Å²) in [4.78, 5) is 24.8. The zero-order valence-corrected chi connectivity index (χ0v) is 12.5. The molecule has 0 aliphatic heterocycles. The van der Waals surface area contributed by atoms with E-state index in [1.54, 1.807) is 48.6 Å². The summed E-state index contributed by atoms with van der Waals surface area (Å²) < 4.78 is 10.2. The predicted molar refractivity (Wildman–Crippen MR) is 69.3 cm³/mol. The fraction of sp³-hybridized carbons (Fsp3) is 0.846. The van der Waals surface area contributed by atoms with Gasteiger partial charge in [0.15, 0.2) is 0 Å². The second-order valence-electron chi connectivity index (χ2n) is 5.83. The molecule has 1 amide bonds. The van der Waals surface area contributed by atoms with Gasteiger partial charge >= 0.3 is 12.1 Å². The first kappa shape index (κ1) is 16.7. The van der Waals surface area contributed by atoms with E-state index < -0.39 is 17.2 Å². The van der Waals surface area contributed by atoms with Crippen LogP contribution in [-0.4, -0.2) is 41.8 Å². The van der Waals surface area contributed by atoms with Gasteiger partial charge in [0.25, 0.3) is 0 Å². The highest BCUT2D eigenvalue weighted by atomic mass is 16.6. The fourth-order valence-electron chi connectivity index (χ4n) is 1.26. The summed E-state index contributed by atoms with van der Waals surface area (Å²) in [5.74, 6) is -0.321. The molecule has 0 aromatic carbocycles. The highest BCUT2D eigenvalue weighted by molar-refractivity contribution is 5.73. The molecule has 0 aromatic rings. The van der Waals surface area contributed by atoms with Crippen LogP contribution in [0.2, 0.25) is 0 Å².